The van der Waals surface area contributed by atoms with Gasteiger partial charge in [-0.25, -0.2) is 9.96 Å². The molecule has 10 nitrogen and oxygen atoms in total. The average molecular weight is 517 g/mol. The third kappa shape index (κ3) is 4.43. The highest BCUT2D eigenvalue weighted by Crippen LogP contribution is 2.48. The van der Waals surface area contributed by atoms with Crippen LogP contribution in [0, 0.1) is 16.0 Å². The lowest BCUT2D eigenvalue weighted by Gasteiger charge is -2.29. The number of nitro groups is 1. The van der Waals surface area contributed by atoms with Gasteiger partial charge in [0.25, 0.3) is 11.6 Å². The molecule has 0 unspecified atom stereocenters. The number of carbonyl (C=O) groups is 2. The lowest BCUT2D eigenvalue weighted by Crippen LogP contribution is -2.37. The zero-order valence-electron chi connectivity index (χ0n) is 21.3. The first-order chi connectivity index (χ1) is 18.3. The van der Waals surface area contributed by atoms with Crippen LogP contribution in [-0.4, -0.2) is 43.5 Å². The molecule has 2 fully saturated rings. The molecular weight excluding hydrogens is 488 g/mol. The van der Waals surface area contributed by atoms with E-state index in [-0.39, 0.29) is 5.69 Å². The molecule has 2 saturated heterocycles. The molecule has 2 aliphatic rings. The highest BCUT2D eigenvalue weighted by atomic mass is 16.7. The minimum atomic E-state index is -1.07. The topological polar surface area (TPSA) is 105 Å². The highest BCUT2D eigenvalue weighted by Gasteiger charge is 2.60. The van der Waals surface area contributed by atoms with Crippen LogP contribution in [0.25, 0.3) is 0 Å². The van der Waals surface area contributed by atoms with Crippen LogP contribution in [0.2, 0.25) is 0 Å². The average Bonchev–Trinajstić information content (AvgIpc) is 3.43. The molecule has 3 aromatic carbocycles. The van der Waals surface area contributed by atoms with Gasteiger partial charge in [0.1, 0.15) is 11.7 Å². The van der Waals surface area contributed by atoms with Gasteiger partial charge in [-0.05, 0) is 54.4 Å². The van der Waals surface area contributed by atoms with Gasteiger partial charge in [0.15, 0.2) is 6.10 Å². The van der Waals surface area contributed by atoms with Crippen LogP contribution in [0.4, 0.5) is 22.7 Å². The Kier molecular flexibility index (Phi) is 6.73. The third-order valence-corrected chi connectivity index (χ3v) is 6.73. The lowest BCUT2D eigenvalue weighted by molar-refractivity contribution is -0.384. The van der Waals surface area contributed by atoms with E-state index in [0.29, 0.717) is 23.7 Å². The van der Waals surface area contributed by atoms with Crippen molar-refractivity contribution in [1.29, 1.82) is 0 Å². The minimum absolute atomic E-state index is 0.116. The number of hydroxylamine groups is 1. The molecule has 0 saturated carbocycles. The number of amides is 2. The summed E-state index contributed by atoms with van der Waals surface area (Å²) in [4.78, 5) is 47.5. The van der Waals surface area contributed by atoms with Gasteiger partial charge in [0.05, 0.1) is 28.9 Å². The number of carbonyl (C=O) groups excluding carboxylic acids is 2. The number of ether oxygens (including phenoxy) is 1. The summed E-state index contributed by atoms with van der Waals surface area (Å²) in [6.07, 6.45) is -0.208. The molecule has 10 heteroatoms. The molecule has 0 radical (unpaired) electrons. The van der Waals surface area contributed by atoms with Crippen molar-refractivity contribution in [3.8, 4) is 5.75 Å². The van der Waals surface area contributed by atoms with Gasteiger partial charge in [-0.3, -0.25) is 24.5 Å². The van der Waals surface area contributed by atoms with Crippen molar-refractivity contribution in [2.45, 2.75) is 25.5 Å². The maximum absolute atomic E-state index is 13.8. The molecule has 0 N–H and O–H groups in total. The van der Waals surface area contributed by atoms with Crippen LogP contribution in [0.5, 0.6) is 5.75 Å². The highest BCUT2D eigenvalue weighted by molar-refractivity contribution is 6.23. The normalized spacial score (nSPS) is 20.6. The predicted octanol–water partition coefficient (Wildman–Crippen LogP) is 4.50. The van der Waals surface area contributed by atoms with Crippen LogP contribution in [0.15, 0.2) is 72.8 Å². The molecule has 38 heavy (non-hydrogen) atoms. The maximum Gasteiger partial charge on any atom is 0.271 e. The van der Waals surface area contributed by atoms with E-state index >= 15 is 0 Å². The van der Waals surface area contributed by atoms with Gasteiger partial charge in [0.2, 0.25) is 5.91 Å². The quantitative estimate of drug-likeness (QED) is 0.245. The first-order valence-electron chi connectivity index (χ1n) is 12.4. The molecule has 0 aliphatic carbocycles. The van der Waals surface area contributed by atoms with Crippen molar-refractivity contribution in [3.05, 3.63) is 88.5 Å². The van der Waals surface area contributed by atoms with Crippen LogP contribution >= 0.6 is 0 Å². The second-order valence-corrected chi connectivity index (χ2v) is 9.44. The Hall–Kier alpha value is -4.44. The molecule has 3 aromatic rings. The number of hydrogen-bond donors (Lipinski definition) is 0. The number of non-ortho nitro benzene ring substituents is 1. The predicted molar refractivity (Wildman–Crippen MR) is 142 cm³/mol. The third-order valence-electron chi connectivity index (χ3n) is 6.73. The van der Waals surface area contributed by atoms with Crippen LogP contribution in [0.1, 0.15) is 24.9 Å². The first kappa shape index (κ1) is 25.2. The summed E-state index contributed by atoms with van der Waals surface area (Å²) in [5.74, 6) is -1.06. The molecule has 5 rings (SSSR count). The maximum atomic E-state index is 13.8. The van der Waals surface area contributed by atoms with Crippen LogP contribution in [0.3, 0.4) is 0 Å². The Morgan fingerprint density at radius 1 is 0.974 bits per heavy atom. The Balaban J connectivity index is 1.52. The fraction of sp³-hybridized carbons (Fsp3) is 0.286. The van der Waals surface area contributed by atoms with Gasteiger partial charge < -0.3 is 9.64 Å². The Labute approximate surface area is 220 Å². The van der Waals surface area contributed by atoms with Crippen LogP contribution in [-0.2, 0) is 14.4 Å². The van der Waals surface area contributed by atoms with E-state index in [2.05, 4.69) is 0 Å². The molecule has 2 heterocycles. The fourth-order valence-electron chi connectivity index (χ4n) is 4.86. The summed E-state index contributed by atoms with van der Waals surface area (Å²) in [5, 5.41) is 12.9. The van der Waals surface area contributed by atoms with E-state index in [4.69, 9.17) is 9.57 Å². The number of anilines is 3. The molecule has 0 spiro atoms. The lowest BCUT2D eigenvalue weighted by atomic mass is 9.90. The Morgan fingerprint density at radius 3 is 2.32 bits per heavy atom. The van der Waals surface area contributed by atoms with Crippen molar-refractivity contribution in [1.82, 2.24) is 0 Å². The zero-order valence-corrected chi connectivity index (χ0v) is 21.3. The summed E-state index contributed by atoms with van der Waals surface area (Å²) in [5.41, 5.74) is 2.42. The van der Waals surface area contributed by atoms with E-state index in [1.807, 2.05) is 50.2 Å². The number of imide groups is 1. The molecule has 196 valence electrons. The summed E-state index contributed by atoms with van der Waals surface area (Å²) in [7, 11) is 3.85. The van der Waals surface area contributed by atoms with Crippen molar-refractivity contribution in [3.63, 3.8) is 0 Å². The Morgan fingerprint density at radius 2 is 1.68 bits per heavy atom. The summed E-state index contributed by atoms with van der Waals surface area (Å²) >= 11 is 0. The van der Waals surface area contributed by atoms with Crippen molar-refractivity contribution >= 4 is 34.6 Å². The van der Waals surface area contributed by atoms with Crippen LogP contribution < -0.4 is 19.6 Å². The van der Waals surface area contributed by atoms with E-state index in [1.165, 1.54) is 17.2 Å². The summed E-state index contributed by atoms with van der Waals surface area (Å²) in [6, 6.07) is 19.7. The number of rotatable bonds is 8. The molecule has 0 aromatic heterocycles. The van der Waals surface area contributed by atoms with Crippen molar-refractivity contribution in [2.24, 2.45) is 5.92 Å². The number of benzene rings is 3. The molecule has 0 bridgehead atoms. The van der Waals surface area contributed by atoms with E-state index < -0.39 is 34.8 Å². The fourth-order valence-corrected chi connectivity index (χ4v) is 4.86. The zero-order chi connectivity index (χ0) is 27.0. The van der Waals surface area contributed by atoms with Crippen molar-refractivity contribution in [2.75, 3.05) is 35.6 Å². The minimum Gasteiger partial charge on any atom is -0.494 e. The Bertz CT molecular complexity index is 1360. The second kappa shape index (κ2) is 10.1. The smallest absolute Gasteiger partial charge is 0.271 e. The first-order valence-corrected chi connectivity index (χ1v) is 12.4. The van der Waals surface area contributed by atoms with Crippen molar-refractivity contribution < 1.29 is 24.1 Å². The largest absolute Gasteiger partial charge is 0.494 e. The molecule has 2 amide bonds. The molecule has 2 aliphatic heterocycles. The number of nitrogens with zero attached hydrogens (tertiary/aromatic N) is 4. The molecule has 3 atom stereocenters. The van der Waals surface area contributed by atoms with E-state index in [1.54, 1.807) is 36.4 Å². The van der Waals surface area contributed by atoms with E-state index in [9.17, 15) is 19.7 Å². The van der Waals surface area contributed by atoms with Gasteiger partial charge >= 0.3 is 0 Å². The van der Waals surface area contributed by atoms with Gasteiger partial charge in [-0.15, -0.1) is 0 Å². The standard InChI is InChI=1S/C28H28N4O6/c1-4-16-37-23-14-12-20(13-15-23)30-27(33)24-25(18-8-10-19(11-9-18)29(2)3)31(38-26(24)28(30)34)21-6-5-7-22(17-21)32(35)36/h5-15,17,24-26H,4,16H2,1-3H3/t24-,25+,26-/m1/s1. The summed E-state index contributed by atoms with van der Waals surface area (Å²) in [6.45, 7) is 2.58. The molecular formula is C28H28N4O6. The summed E-state index contributed by atoms with van der Waals surface area (Å²) < 4.78 is 5.62. The second-order valence-electron chi connectivity index (χ2n) is 9.44. The van der Waals surface area contributed by atoms with E-state index in [0.717, 1.165) is 22.6 Å². The van der Waals surface area contributed by atoms with Gasteiger partial charge in [-0.2, -0.15) is 0 Å². The van der Waals surface area contributed by atoms with Gasteiger partial charge in [0, 0.05) is 31.9 Å². The SMILES string of the molecule is CCCOc1ccc(N2C(=O)[C@H]3[C@@H](ON(c4cccc([N+](=O)[O-])c4)[C@H]3c3ccc(N(C)C)cc3)C2=O)cc1. The number of fused-ring (bicyclic) bond motifs is 1. The monoisotopic (exact) mass is 516 g/mol. The number of nitro benzene ring substituents is 1. The van der Waals surface area contributed by atoms with Gasteiger partial charge in [-0.1, -0.05) is 25.1 Å². The number of hydrogen-bond acceptors (Lipinski definition) is 8.